The summed E-state index contributed by atoms with van der Waals surface area (Å²) in [6, 6.07) is 14.8. The van der Waals surface area contributed by atoms with Crippen molar-refractivity contribution in [2.24, 2.45) is 5.73 Å². The van der Waals surface area contributed by atoms with Gasteiger partial charge in [-0.05, 0) is 29.8 Å². The summed E-state index contributed by atoms with van der Waals surface area (Å²) in [6.07, 6.45) is 2.77. The molecule has 2 aromatic heterocycles. The van der Waals surface area contributed by atoms with Crippen molar-refractivity contribution >= 4 is 52.5 Å². The van der Waals surface area contributed by atoms with Crippen LogP contribution in [-0.2, 0) is 0 Å². The number of amides is 2. The molecule has 0 radical (unpaired) electrons. The maximum Gasteiger partial charge on any atom is 0.262 e. The average Bonchev–Trinajstić information content (AvgIpc) is 2.83. The Hall–Kier alpha value is -3.79. The highest BCUT2D eigenvalue weighted by molar-refractivity contribution is 6.34. The molecule has 11 heteroatoms. The van der Waals surface area contributed by atoms with E-state index < -0.39 is 11.5 Å². The van der Waals surface area contributed by atoms with Crippen LogP contribution in [0.3, 0.4) is 0 Å². The molecule has 174 valence electrons. The Morgan fingerprint density at radius 3 is 2.59 bits per heavy atom. The average molecular weight is 499 g/mol. The van der Waals surface area contributed by atoms with Crippen molar-refractivity contribution in [2.75, 3.05) is 11.9 Å². The number of aromatic amines is 1. The SMILES string of the molecule is Cl.NCC(NC(=O)c1ccc(Cl)c(NC(=O)c2cc3cncnc3[nH]c2=O)c1)c1ccccc1. The Bertz CT molecular complexity index is 1390. The first kappa shape index (κ1) is 24.8. The number of fused-ring (bicyclic) bond motifs is 1. The van der Waals surface area contributed by atoms with E-state index in [0.29, 0.717) is 11.0 Å². The van der Waals surface area contributed by atoms with Crippen molar-refractivity contribution in [3.05, 3.63) is 99.2 Å². The van der Waals surface area contributed by atoms with E-state index in [1.165, 1.54) is 36.8 Å². The summed E-state index contributed by atoms with van der Waals surface area (Å²) in [7, 11) is 0. The summed E-state index contributed by atoms with van der Waals surface area (Å²) in [5.74, 6) is -1.08. The fraction of sp³-hybridized carbons (Fsp3) is 0.0870. The zero-order valence-corrected chi connectivity index (χ0v) is 19.2. The predicted octanol–water partition coefficient (Wildman–Crippen LogP) is 3.08. The Balaban J connectivity index is 0.00000324. The highest BCUT2D eigenvalue weighted by Gasteiger charge is 2.18. The minimum absolute atomic E-state index is 0. The van der Waals surface area contributed by atoms with Crippen LogP contribution < -0.4 is 21.9 Å². The third-order valence-corrected chi connectivity index (χ3v) is 5.31. The molecule has 0 spiro atoms. The lowest BCUT2D eigenvalue weighted by atomic mass is 10.1. The summed E-state index contributed by atoms with van der Waals surface area (Å²) >= 11 is 6.22. The maximum atomic E-state index is 12.8. The normalized spacial score (nSPS) is 11.4. The number of H-pyrrole nitrogens is 1. The van der Waals surface area contributed by atoms with Gasteiger partial charge in [-0.2, -0.15) is 0 Å². The summed E-state index contributed by atoms with van der Waals surface area (Å²) in [4.78, 5) is 48.3. The van der Waals surface area contributed by atoms with Gasteiger partial charge in [-0.15, -0.1) is 12.4 Å². The van der Waals surface area contributed by atoms with Crippen LogP contribution in [0.5, 0.6) is 0 Å². The third-order valence-electron chi connectivity index (χ3n) is 4.98. The first-order valence-corrected chi connectivity index (χ1v) is 10.3. The molecule has 2 amide bonds. The number of nitrogens with two attached hydrogens (primary N) is 1. The topological polar surface area (TPSA) is 143 Å². The number of halogens is 2. The van der Waals surface area contributed by atoms with E-state index in [2.05, 4.69) is 25.6 Å². The zero-order valence-electron chi connectivity index (χ0n) is 17.6. The quantitative estimate of drug-likeness (QED) is 0.321. The molecule has 1 atom stereocenters. The van der Waals surface area contributed by atoms with Gasteiger partial charge in [0.1, 0.15) is 17.5 Å². The van der Waals surface area contributed by atoms with Crippen molar-refractivity contribution in [2.45, 2.75) is 6.04 Å². The molecule has 0 aliphatic carbocycles. The number of carbonyl (C=O) groups excluding carboxylic acids is 2. The predicted molar refractivity (Wildman–Crippen MR) is 133 cm³/mol. The molecular weight excluding hydrogens is 479 g/mol. The molecule has 4 rings (SSSR count). The Morgan fingerprint density at radius 1 is 1.09 bits per heavy atom. The van der Waals surface area contributed by atoms with Gasteiger partial charge < -0.3 is 21.4 Å². The summed E-state index contributed by atoms with van der Waals surface area (Å²) in [5, 5.41) is 6.16. The molecule has 5 N–H and O–H groups in total. The molecule has 0 fully saturated rings. The molecule has 0 saturated carbocycles. The van der Waals surface area contributed by atoms with Crippen molar-refractivity contribution in [1.29, 1.82) is 0 Å². The third kappa shape index (κ3) is 5.40. The number of aromatic nitrogens is 3. The molecule has 0 saturated heterocycles. The van der Waals surface area contributed by atoms with Gasteiger partial charge in [0.2, 0.25) is 0 Å². The number of anilines is 1. The standard InChI is InChI=1S/C23H19ClN6O3.ClH/c24-17-7-6-14(21(31)29-19(10-25)13-4-2-1-3-5-13)9-18(17)28-22(32)16-8-15-11-26-12-27-20(15)30-23(16)33;/h1-9,11-12,19H,10,25H2,(H,28,32)(H,29,31)(H,26,27,30,33);1H. The van der Waals surface area contributed by atoms with E-state index in [1.807, 2.05) is 30.3 Å². The molecule has 0 aliphatic rings. The van der Waals surface area contributed by atoms with Crippen LogP contribution in [0.1, 0.15) is 32.3 Å². The minimum Gasteiger partial charge on any atom is -0.344 e. The molecule has 2 heterocycles. The summed E-state index contributed by atoms with van der Waals surface area (Å²) < 4.78 is 0. The maximum absolute atomic E-state index is 12.8. The fourth-order valence-electron chi connectivity index (χ4n) is 3.27. The van der Waals surface area contributed by atoms with E-state index >= 15 is 0 Å². The smallest absolute Gasteiger partial charge is 0.262 e. The molecule has 4 aromatic rings. The van der Waals surface area contributed by atoms with Crippen molar-refractivity contribution in [1.82, 2.24) is 20.3 Å². The van der Waals surface area contributed by atoms with Gasteiger partial charge in [0.15, 0.2) is 0 Å². The van der Waals surface area contributed by atoms with E-state index in [4.69, 9.17) is 17.3 Å². The first-order chi connectivity index (χ1) is 16.0. The van der Waals surface area contributed by atoms with Gasteiger partial charge >= 0.3 is 0 Å². The van der Waals surface area contributed by atoms with Crippen LogP contribution >= 0.6 is 24.0 Å². The second-order valence-corrected chi connectivity index (χ2v) is 7.57. The largest absolute Gasteiger partial charge is 0.344 e. The van der Waals surface area contributed by atoms with Gasteiger partial charge in [-0.25, -0.2) is 9.97 Å². The number of pyridine rings is 1. The minimum atomic E-state index is -0.689. The Kier molecular flexibility index (Phi) is 7.95. The first-order valence-electron chi connectivity index (χ1n) is 9.96. The van der Waals surface area contributed by atoms with E-state index in [-0.39, 0.29) is 52.7 Å². The number of carbonyl (C=O) groups is 2. The fourth-order valence-corrected chi connectivity index (χ4v) is 3.44. The van der Waals surface area contributed by atoms with Gasteiger partial charge in [0, 0.05) is 23.7 Å². The molecule has 2 aromatic carbocycles. The van der Waals surface area contributed by atoms with E-state index in [9.17, 15) is 14.4 Å². The highest BCUT2D eigenvalue weighted by atomic mass is 35.5. The van der Waals surface area contributed by atoms with Crippen LogP contribution in [0.2, 0.25) is 5.02 Å². The lowest BCUT2D eigenvalue weighted by molar-refractivity contribution is 0.0936. The second-order valence-electron chi connectivity index (χ2n) is 7.16. The van der Waals surface area contributed by atoms with Crippen LogP contribution in [0, 0.1) is 0 Å². The van der Waals surface area contributed by atoms with Gasteiger partial charge in [-0.3, -0.25) is 14.4 Å². The van der Waals surface area contributed by atoms with Gasteiger partial charge in [0.05, 0.1) is 16.8 Å². The van der Waals surface area contributed by atoms with Crippen LogP contribution in [0.4, 0.5) is 5.69 Å². The number of hydrogen-bond acceptors (Lipinski definition) is 6. The van der Waals surface area contributed by atoms with Gasteiger partial charge in [-0.1, -0.05) is 41.9 Å². The molecular formula is C23H20Cl2N6O3. The Morgan fingerprint density at radius 2 is 1.85 bits per heavy atom. The molecule has 9 nitrogen and oxygen atoms in total. The molecule has 34 heavy (non-hydrogen) atoms. The van der Waals surface area contributed by atoms with E-state index in [1.54, 1.807) is 0 Å². The second kappa shape index (κ2) is 10.9. The molecule has 1 unspecified atom stereocenters. The lowest BCUT2D eigenvalue weighted by Gasteiger charge is -2.18. The van der Waals surface area contributed by atoms with Crippen molar-refractivity contribution < 1.29 is 9.59 Å². The zero-order chi connectivity index (χ0) is 23.4. The van der Waals surface area contributed by atoms with Gasteiger partial charge in [0.25, 0.3) is 17.4 Å². The van der Waals surface area contributed by atoms with E-state index in [0.717, 1.165) is 5.56 Å². The molecule has 0 bridgehead atoms. The summed E-state index contributed by atoms with van der Waals surface area (Å²) in [6.45, 7) is 0.210. The molecule has 0 aliphatic heterocycles. The van der Waals surface area contributed by atoms with Crippen LogP contribution in [0.15, 0.2) is 71.9 Å². The van der Waals surface area contributed by atoms with Crippen LogP contribution in [0.25, 0.3) is 11.0 Å². The van der Waals surface area contributed by atoms with Crippen molar-refractivity contribution in [3.63, 3.8) is 0 Å². The number of rotatable bonds is 6. The van der Waals surface area contributed by atoms with Crippen LogP contribution in [-0.4, -0.2) is 33.3 Å². The highest BCUT2D eigenvalue weighted by Crippen LogP contribution is 2.24. The van der Waals surface area contributed by atoms with Crippen molar-refractivity contribution in [3.8, 4) is 0 Å². The number of hydrogen-bond donors (Lipinski definition) is 4. The number of benzene rings is 2. The monoisotopic (exact) mass is 498 g/mol. The summed E-state index contributed by atoms with van der Waals surface area (Å²) in [5.41, 5.74) is 6.72. The number of nitrogens with zero attached hydrogens (tertiary/aromatic N) is 2. The Labute approximate surface area is 205 Å². The number of nitrogens with one attached hydrogen (secondary N) is 3. The lowest BCUT2D eigenvalue weighted by Crippen LogP contribution is -2.33.